The van der Waals surface area contributed by atoms with Crippen LogP contribution in [0.2, 0.25) is 5.02 Å². The van der Waals surface area contributed by atoms with Crippen LogP contribution in [0.3, 0.4) is 0 Å². The van der Waals surface area contributed by atoms with Gasteiger partial charge in [0.25, 0.3) is 0 Å². The third-order valence-corrected chi connectivity index (χ3v) is 7.65. The second-order valence-corrected chi connectivity index (χ2v) is 11.7. The third-order valence-electron chi connectivity index (χ3n) is 7.22. The van der Waals surface area contributed by atoms with Gasteiger partial charge in [-0.3, -0.25) is 0 Å². The van der Waals surface area contributed by atoms with E-state index in [1.165, 1.54) is 28.8 Å². The highest BCUT2D eigenvalue weighted by atomic mass is 35.5. The molecular formula is C42H52ClF3N2O. The summed E-state index contributed by atoms with van der Waals surface area (Å²) in [5.74, 6) is -0.366. The zero-order valence-corrected chi connectivity index (χ0v) is 30.7. The quantitative estimate of drug-likeness (QED) is 0.186. The maximum Gasteiger partial charge on any atom is 0.126 e. The number of ether oxygens (including phenoxy) is 1. The van der Waals surface area contributed by atoms with E-state index in [0.717, 1.165) is 58.4 Å². The highest BCUT2D eigenvalue weighted by Gasteiger charge is 1.97. The van der Waals surface area contributed by atoms with Crippen molar-refractivity contribution in [2.45, 2.75) is 73.9 Å². The monoisotopic (exact) mass is 692 g/mol. The Balaban J connectivity index is 0.000000306. The predicted molar refractivity (Wildman–Crippen MR) is 202 cm³/mol. The lowest BCUT2D eigenvalue weighted by atomic mass is 10.1. The molecule has 0 aliphatic heterocycles. The Labute approximate surface area is 297 Å². The molecule has 0 atom stereocenters. The summed E-state index contributed by atoms with van der Waals surface area (Å²) in [6.45, 7) is 13.1. The summed E-state index contributed by atoms with van der Waals surface area (Å²) >= 11 is 5.80. The molecule has 0 spiro atoms. The van der Waals surface area contributed by atoms with E-state index in [-0.39, 0.29) is 12.4 Å². The molecule has 5 aromatic carbocycles. The number of hydrogen-bond donors (Lipinski definition) is 2. The van der Waals surface area contributed by atoms with Gasteiger partial charge in [-0.15, -0.1) is 0 Å². The lowest BCUT2D eigenvalue weighted by Gasteiger charge is -1.99. The van der Waals surface area contributed by atoms with Crippen molar-refractivity contribution >= 4 is 11.6 Å². The number of nitrogens with two attached hydrogens (primary N) is 2. The first-order chi connectivity index (χ1) is 23.4. The van der Waals surface area contributed by atoms with E-state index in [1.807, 2.05) is 57.2 Å². The van der Waals surface area contributed by atoms with Crippen LogP contribution >= 0.6 is 11.6 Å². The summed E-state index contributed by atoms with van der Waals surface area (Å²) in [5, 5.41) is 0.803. The molecule has 0 aliphatic carbocycles. The second kappa shape index (κ2) is 24.1. The van der Waals surface area contributed by atoms with Crippen LogP contribution in [0, 0.1) is 38.2 Å². The van der Waals surface area contributed by atoms with Gasteiger partial charge in [-0.05, 0) is 121 Å². The Morgan fingerprint density at radius 3 is 1.39 bits per heavy atom. The highest BCUT2D eigenvalue weighted by molar-refractivity contribution is 6.31. The van der Waals surface area contributed by atoms with Gasteiger partial charge in [-0.1, -0.05) is 92.5 Å². The van der Waals surface area contributed by atoms with Gasteiger partial charge in [0.05, 0.1) is 7.11 Å². The summed E-state index contributed by atoms with van der Waals surface area (Å²) in [4.78, 5) is 0. The minimum Gasteiger partial charge on any atom is -0.497 e. The van der Waals surface area contributed by atoms with Gasteiger partial charge in [0.2, 0.25) is 0 Å². The van der Waals surface area contributed by atoms with Gasteiger partial charge in [0.1, 0.15) is 23.2 Å². The van der Waals surface area contributed by atoms with E-state index in [2.05, 4.69) is 57.2 Å². The summed E-state index contributed by atoms with van der Waals surface area (Å²) in [5.41, 5.74) is 19.4. The molecule has 5 aromatic rings. The fraction of sp³-hybridized carbons (Fsp3) is 0.286. The van der Waals surface area contributed by atoms with Crippen LogP contribution in [-0.2, 0) is 32.4 Å². The Morgan fingerprint density at radius 2 is 0.959 bits per heavy atom. The minimum atomic E-state index is -0.583. The maximum absolute atomic E-state index is 12.6. The van der Waals surface area contributed by atoms with Crippen molar-refractivity contribution in [1.82, 2.24) is 0 Å². The van der Waals surface area contributed by atoms with Gasteiger partial charge < -0.3 is 16.2 Å². The van der Waals surface area contributed by atoms with E-state index in [0.29, 0.717) is 12.1 Å². The zero-order chi connectivity index (χ0) is 36.8. The van der Waals surface area contributed by atoms with Gasteiger partial charge in [0.15, 0.2) is 0 Å². The Bertz CT molecular complexity index is 1530. The lowest BCUT2D eigenvalue weighted by Crippen LogP contribution is -1.97. The molecule has 0 fully saturated rings. The summed E-state index contributed by atoms with van der Waals surface area (Å²) in [7, 11) is 1.68. The van der Waals surface area contributed by atoms with E-state index in [9.17, 15) is 13.2 Å². The SMILES string of the molecule is CCc1cc(C)cc(F)c1.CCc1ccc(C)cc1.CCc1ccc(OC)cc1.Cc1cc(CN)ccc1Cl.NCc1cc(F)cc(F)c1. The number of halogens is 4. The van der Waals surface area contributed by atoms with E-state index in [4.69, 9.17) is 27.8 Å². The Hall–Kier alpha value is -4.10. The molecule has 0 heterocycles. The van der Waals surface area contributed by atoms with Crippen LogP contribution in [0.25, 0.3) is 0 Å². The molecule has 3 nitrogen and oxygen atoms in total. The molecule has 0 unspecified atom stereocenters. The first-order valence-electron chi connectivity index (χ1n) is 16.4. The first kappa shape index (κ1) is 42.9. The van der Waals surface area contributed by atoms with Gasteiger partial charge in [0, 0.05) is 24.2 Å². The number of benzene rings is 5. The van der Waals surface area contributed by atoms with Crippen LogP contribution < -0.4 is 16.2 Å². The van der Waals surface area contributed by atoms with E-state index < -0.39 is 11.6 Å². The Morgan fingerprint density at radius 1 is 0.510 bits per heavy atom. The van der Waals surface area contributed by atoms with Gasteiger partial charge >= 0.3 is 0 Å². The summed E-state index contributed by atoms with van der Waals surface area (Å²) in [6, 6.07) is 31.0. The molecule has 0 saturated carbocycles. The molecular weight excluding hydrogens is 641 g/mol. The van der Waals surface area contributed by atoms with Crippen LogP contribution in [0.15, 0.2) is 103 Å². The minimum absolute atomic E-state index is 0.128. The van der Waals surface area contributed by atoms with Crippen molar-refractivity contribution in [2.75, 3.05) is 7.11 Å². The standard InChI is InChI=1S/C9H11F.C9H12O.C9H12.C8H10ClN.C7H7F2N/c1-3-8-4-7(2)5-9(10)6-8;1-3-8-4-6-9(10-2)7-5-8;1-3-9-6-4-8(2)5-7-9;1-6-4-7(5-10)2-3-8(6)9;8-6-1-5(4-10)2-7(9)3-6/h4-6H,3H2,1-2H3;4-7H,3H2,1-2H3;4-7H,3H2,1-2H3;2-4H,5,10H2,1H3;1-3H,4,10H2. The second-order valence-electron chi connectivity index (χ2n) is 11.3. The largest absolute Gasteiger partial charge is 0.497 e. The molecule has 0 bridgehead atoms. The van der Waals surface area contributed by atoms with Crippen molar-refractivity contribution in [3.63, 3.8) is 0 Å². The van der Waals surface area contributed by atoms with Crippen molar-refractivity contribution in [3.8, 4) is 5.75 Å². The summed E-state index contributed by atoms with van der Waals surface area (Å²) in [6.07, 6.45) is 3.13. The summed E-state index contributed by atoms with van der Waals surface area (Å²) < 4.78 is 42.3. The van der Waals surface area contributed by atoms with Gasteiger partial charge in [-0.25, -0.2) is 13.2 Å². The number of rotatable bonds is 6. The lowest BCUT2D eigenvalue weighted by molar-refractivity contribution is 0.414. The van der Waals surface area contributed by atoms with Crippen LogP contribution in [0.5, 0.6) is 5.75 Å². The predicted octanol–water partition coefficient (Wildman–Crippen LogP) is 11.0. The number of hydrogen-bond acceptors (Lipinski definition) is 3. The molecule has 7 heteroatoms. The average Bonchev–Trinajstić information content (AvgIpc) is 3.10. The van der Waals surface area contributed by atoms with Gasteiger partial charge in [-0.2, -0.15) is 0 Å². The Kier molecular flexibility index (Phi) is 21.1. The van der Waals surface area contributed by atoms with Crippen molar-refractivity contribution in [3.05, 3.63) is 170 Å². The highest BCUT2D eigenvalue weighted by Crippen LogP contribution is 2.15. The van der Waals surface area contributed by atoms with Crippen molar-refractivity contribution in [1.29, 1.82) is 0 Å². The normalized spacial score (nSPS) is 9.73. The smallest absolute Gasteiger partial charge is 0.126 e. The van der Waals surface area contributed by atoms with Crippen LogP contribution in [0.4, 0.5) is 13.2 Å². The number of methoxy groups -OCH3 is 1. The maximum atomic E-state index is 12.6. The van der Waals surface area contributed by atoms with Crippen molar-refractivity contribution < 1.29 is 17.9 Å². The molecule has 0 aliphatic rings. The first-order valence-corrected chi connectivity index (χ1v) is 16.8. The topological polar surface area (TPSA) is 61.3 Å². The van der Waals surface area contributed by atoms with E-state index in [1.54, 1.807) is 19.2 Å². The molecule has 5 rings (SSSR count). The van der Waals surface area contributed by atoms with Crippen LogP contribution in [0.1, 0.15) is 65.3 Å². The molecule has 0 saturated heterocycles. The average molecular weight is 693 g/mol. The third kappa shape index (κ3) is 18.3. The fourth-order valence-corrected chi connectivity index (χ4v) is 4.38. The number of aryl methyl sites for hydroxylation is 6. The van der Waals surface area contributed by atoms with E-state index >= 15 is 0 Å². The van der Waals surface area contributed by atoms with Crippen LogP contribution in [-0.4, -0.2) is 7.11 Å². The molecule has 264 valence electrons. The molecule has 0 aromatic heterocycles. The molecule has 4 N–H and O–H groups in total. The molecule has 0 amide bonds. The molecule has 49 heavy (non-hydrogen) atoms. The molecule has 0 radical (unpaired) electrons. The van der Waals surface area contributed by atoms with Crippen molar-refractivity contribution in [2.24, 2.45) is 11.5 Å². The zero-order valence-electron chi connectivity index (χ0n) is 29.9. The fourth-order valence-electron chi connectivity index (χ4n) is 4.26.